The number of imidazole rings is 1. The maximum atomic E-state index is 14.0. The number of carbonyl (C=O) groups is 1. The number of nitrogens with zero attached hydrogens (tertiary/aromatic N) is 4. The van der Waals surface area contributed by atoms with Crippen molar-refractivity contribution in [2.45, 2.75) is 13.8 Å². The summed E-state index contributed by atoms with van der Waals surface area (Å²) in [5.41, 5.74) is 9.65. The normalized spacial score (nSPS) is 13.6. The third-order valence-electron chi connectivity index (χ3n) is 6.98. The molecule has 0 atom stereocenters. The van der Waals surface area contributed by atoms with Crippen LogP contribution in [0.15, 0.2) is 84.9 Å². The maximum Gasteiger partial charge on any atom is 0.267 e. The molecule has 1 aromatic heterocycles. The molecule has 0 saturated carbocycles. The number of hydrogen-bond donors (Lipinski definition) is 0. The van der Waals surface area contributed by atoms with Crippen LogP contribution in [0.25, 0.3) is 22.4 Å². The number of benzene rings is 4. The minimum absolute atomic E-state index is 0.0229. The number of para-hydroxylation sites is 6. The zero-order chi connectivity index (χ0) is 23.0. The lowest BCUT2D eigenvalue weighted by atomic mass is 9.98. The van der Waals surface area contributed by atoms with Gasteiger partial charge in [0.05, 0.1) is 45.0 Å². The molecular weight excluding hydrogens is 420 g/mol. The van der Waals surface area contributed by atoms with Crippen molar-refractivity contribution in [1.82, 2.24) is 9.55 Å². The molecule has 4 aromatic carbocycles. The molecule has 0 spiro atoms. The molecule has 0 unspecified atom stereocenters. The monoisotopic (exact) mass is 442 g/mol. The highest BCUT2D eigenvalue weighted by Gasteiger charge is 2.37. The molecular formula is C29H22N4O. The smallest absolute Gasteiger partial charge is 0.267 e. The van der Waals surface area contributed by atoms with E-state index in [0.29, 0.717) is 5.56 Å². The van der Waals surface area contributed by atoms with Crippen LogP contribution in [0, 0.1) is 6.92 Å². The van der Waals surface area contributed by atoms with Crippen molar-refractivity contribution in [1.29, 1.82) is 0 Å². The zero-order valence-corrected chi connectivity index (χ0v) is 19.0. The van der Waals surface area contributed by atoms with Gasteiger partial charge < -0.3 is 9.80 Å². The highest BCUT2D eigenvalue weighted by molar-refractivity contribution is 6.18. The van der Waals surface area contributed by atoms with E-state index in [9.17, 15) is 4.79 Å². The van der Waals surface area contributed by atoms with Gasteiger partial charge in [-0.3, -0.25) is 9.36 Å². The lowest BCUT2D eigenvalue weighted by Crippen LogP contribution is -2.27. The predicted molar refractivity (Wildman–Crippen MR) is 137 cm³/mol. The molecule has 0 radical (unpaired) electrons. The summed E-state index contributed by atoms with van der Waals surface area (Å²) in [6.45, 7) is 5.08. The number of rotatable bonds is 2. The number of carbonyl (C=O) groups excluding carboxylic acids is 1. The van der Waals surface area contributed by atoms with Gasteiger partial charge in [0.2, 0.25) is 0 Å². The predicted octanol–water partition coefficient (Wildman–Crippen LogP) is 6.95. The van der Waals surface area contributed by atoms with Crippen LogP contribution >= 0.6 is 0 Å². The van der Waals surface area contributed by atoms with Gasteiger partial charge in [0.15, 0.2) is 0 Å². The summed E-state index contributed by atoms with van der Waals surface area (Å²) < 4.78 is 1.77. The SMILES string of the molecule is CCN1c2ccccc2N(c2ccc(C)c3c2C(=O)n2c-3nc3ccccc32)c2ccccc21. The summed E-state index contributed by atoms with van der Waals surface area (Å²) in [5.74, 6) is 0.708. The summed E-state index contributed by atoms with van der Waals surface area (Å²) >= 11 is 0. The molecule has 2 aliphatic heterocycles. The van der Waals surface area contributed by atoms with Crippen LogP contribution in [0.3, 0.4) is 0 Å². The summed E-state index contributed by atoms with van der Waals surface area (Å²) in [6.07, 6.45) is 0. The van der Waals surface area contributed by atoms with Crippen molar-refractivity contribution in [3.05, 3.63) is 96.1 Å². The molecule has 164 valence electrons. The average molecular weight is 443 g/mol. The standard InChI is InChI=1S/C29H22N4O/c1-3-31-21-12-6-8-14-23(21)32(24-15-9-7-13-22(24)31)25-17-16-18(2)26-27(25)29(34)33-20-11-5-4-10-19(20)30-28(26)33/h4-17H,3H2,1-2H3. The molecule has 5 aromatic rings. The van der Waals surface area contributed by atoms with E-state index in [0.717, 1.165) is 63.0 Å². The lowest BCUT2D eigenvalue weighted by Gasteiger charge is -2.40. The Morgan fingerprint density at radius 1 is 0.706 bits per heavy atom. The Hall–Kier alpha value is -4.38. The van der Waals surface area contributed by atoms with E-state index in [1.165, 1.54) is 0 Å². The minimum atomic E-state index is -0.0229. The van der Waals surface area contributed by atoms with E-state index in [-0.39, 0.29) is 5.91 Å². The van der Waals surface area contributed by atoms with Crippen LogP contribution in [0.2, 0.25) is 0 Å². The van der Waals surface area contributed by atoms with Gasteiger partial charge >= 0.3 is 0 Å². The number of anilines is 5. The van der Waals surface area contributed by atoms with Crippen molar-refractivity contribution < 1.29 is 4.79 Å². The van der Waals surface area contributed by atoms with E-state index < -0.39 is 0 Å². The Labute approximate surface area is 197 Å². The number of aryl methyl sites for hydroxylation is 1. The van der Waals surface area contributed by atoms with Gasteiger partial charge in [-0.05, 0) is 61.9 Å². The van der Waals surface area contributed by atoms with Crippen LogP contribution < -0.4 is 9.80 Å². The Bertz CT molecular complexity index is 1600. The second-order valence-corrected chi connectivity index (χ2v) is 8.77. The highest BCUT2D eigenvalue weighted by Crippen LogP contribution is 2.53. The van der Waals surface area contributed by atoms with Gasteiger partial charge in [-0.1, -0.05) is 42.5 Å². The fourth-order valence-electron chi connectivity index (χ4n) is 5.52. The largest absolute Gasteiger partial charge is 0.338 e. The topological polar surface area (TPSA) is 41.4 Å². The number of aromatic nitrogens is 2. The zero-order valence-electron chi connectivity index (χ0n) is 19.0. The third kappa shape index (κ3) is 2.33. The van der Waals surface area contributed by atoms with Gasteiger partial charge in [-0.15, -0.1) is 0 Å². The minimum Gasteiger partial charge on any atom is -0.338 e. The Morgan fingerprint density at radius 2 is 1.32 bits per heavy atom. The first kappa shape index (κ1) is 19.1. The van der Waals surface area contributed by atoms with E-state index in [4.69, 9.17) is 4.98 Å². The van der Waals surface area contributed by atoms with Gasteiger partial charge in [-0.25, -0.2) is 4.98 Å². The summed E-state index contributed by atoms with van der Waals surface area (Å²) in [5, 5.41) is 0. The van der Waals surface area contributed by atoms with Crippen molar-refractivity contribution >= 4 is 45.4 Å². The van der Waals surface area contributed by atoms with E-state index in [2.05, 4.69) is 84.3 Å². The molecule has 0 amide bonds. The van der Waals surface area contributed by atoms with Crippen LogP contribution in [0.4, 0.5) is 28.4 Å². The molecule has 34 heavy (non-hydrogen) atoms. The second-order valence-electron chi connectivity index (χ2n) is 8.77. The first-order valence-electron chi connectivity index (χ1n) is 11.6. The van der Waals surface area contributed by atoms with E-state index in [1.54, 1.807) is 4.57 Å². The van der Waals surface area contributed by atoms with Crippen molar-refractivity contribution in [3.63, 3.8) is 0 Å². The molecule has 2 aliphatic rings. The van der Waals surface area contributed by atoms with Crippen molar-refractivity contribution in [2.24, 2.45) is 0 Å². The average Bonchev–Trinajstić information content (AvgIpc) is 3.39. The van der Waals surface area contributed by atoms with Crippen LogP contribution in [-0.4, -0.2) is 22.0 Å². The van der Waals surface area contributed by atoms with Gasteiger partial charge in [0, 0.05) is 12.1 Å². The second kappa shape index (κ2) is 6.81. The molecule has 0 bridgehead atoms. The van der Waals surface area contributed by atoms with Gasteiger partial charge in [0.1, 0.15) is 5.82 Å². The number of fused-ring (bicyclic) bond motifs is 7. The van der Waals surface area contributed by atoms with E-state index >= 15 is 0 Å². The summed E-state index contributed by atoms with van der Waals surface area (Å²) in [4.78, 5) is 23.4. The van der Waals surface area contributed by atoms with E-state index in [1.807, 2.05) is 24.3 Å². The molecule has 5 nitrogen and oxygen atoms in total. The quantitative estimate of drug-likeness (QED) is 0.291. The lowest BCUT2D eigenvalue weighted by molar-refractivity contribution is 0.0974. The van der Waals surface area contributed by atoms with Crippen LogP contribution in [-0.2, 0) is 0 Å². The first-order valence-corrected chi connectivity index (χ1v) is 11.6. The molecule has 5 heteroatoms. The van der Waals surface area contributed by atoms with Crippen LogP contribution in [0.5, 0.6) is 0 Å². The fourth-order valence-corrected chi connectivity index (χ4v) is 5.52. The molecule has 3 heterocycles. The molecule has 0 fully saturated rings. The molecule has 0 saturated heterocycles. The highest BCUT2D eigenvalue weighted by atomic mass is 16.2. The van der Waals surface area contributed by atoms with Crippen LogP contribution in [0.1, 0.15) is 22.8 Å². The molecule has 0 aliphatic carbocycles. The Balaban J connectivity index is 1.54. The number of hydrogen-bond acceptors (Lipinski definition) is 4. The maximum absolute atomic E-state index is 14.0. The molecule has 7 rings (SSSR count). The first-order chi connectivity index (χ1) is 16.7. The molecule has 0 N–H and O–H groups in total. The van der Waals surface area contributed by atoms with Crippen molar-refractivity contribution in [3.8, 4) is 11.4 Å². The summed E-state index contributed by atoms with van der Waals surface area (Å²) in [7, 11) is 0. The van der Waals surface area contributed by atoms with Gasteiger partial charge in [-0.2, -0.15) is 0 Å². The Kier molecular flexibility index (Phi) is 3.83. The summed E-state index contributed by atoms with van der Waals surface area (Å²) in [6, 6.07) is 28.8. The fraction of sp³-hybridized carbons (Fsp3) is 0.103. The van der Waals surface area contributed by atoms with Crippen molar-refractivity contribution in [2.75, 3.05) is 16.3 Å². The third-order valence-corrected chi connectivity index (χ3v) is 6.98. The Morgan fingerprint density at radius 3 is 2.00 bits per heavy atom. The van der Waals surface area contributed by atoms with Gasteiger partial charge in [0.25, 0.3) is 5.91 Å².